The monoisotopic (exact) mass is 258 g/mol. The molecule has 0 bridgehead atoms. The van der Waals surface area contributed by atoms with E-state index in [0.29, 0.717) is 18.0 Å². The van der Waals surface area contributed by atoms with Gasteiger partial charge in [0.1, 0.15) is 5.82 Å². The van der Waals surface area contributed by atoms with E-state index in [0.717, 1.165) is 0 Å². The highest BCUT2D eigenvalue weighted by Gasteiger charge is 2.16. The molecule has 94 valence electrons. The van der Waals surface area contributed by atoms with E-state index in [2.05, 4.69) is 10.6 Å². The first kappa shape index (κ1) is 13.9. The molecule has 0 radical (unpaired) electrons. The molecule has 0 fully saturated rings. The van der Waals surface area contributed by atoms with Crippen LogP contribution in [-0.2, 0) is 4.79 Å². The third-order valence-corrected chi connectivity index (χ3v) is 2.74. The largest absolute Gasteiger partial charge is 0.323 e. The Morgan fingerprint density at radius 2 is 2.24 bits per heavy atom. The molecule has 1 aromatic carbocycles. The minimum atomic E-state index is -0.484. The van der Waals surface area contributed by atoms with Crippen LogP contribution < -0.4 is 10.6 Å². The van der Waals surface area contributed by atoms with Gasteiger partial charge >= 0.3 is 0 Å². The van der Waals surface area contributed by atoms with E-state index < -0.39 is 5.82 Å². The van der Waals surface area contributed by atoms with Gasteiger partial charge in [0.2, 0.25) is 5.91 Å². The van der Waals surface area contributed by atoms with Crippen molar-refractivity contribution >= 4 is 23.2 Å². The first-order valence-corrected chi connectivity index (χ1v) is 5.86. The second-order valence-corrected chi connectivity index (χ2v) is 4.21. The minimum absolute atomic E-state index is 0.122. The van der Waals surface area contributed by atoms with E-state index in [1.165, 1.54) is 18.2 Å². The van der Waals surface area contributed by atoms with E-state index in [4.69, 9.17) is 11.6 Å². The summed E-state index contributed by atoms with van der Waals surface area (Å²) in [5.41, 5.74) is 0.122. The number of anilines is 1. The van der Waals surface area contributed by atoms with Crippen LogP contribution in [0.5, 0.6) is 0 Å². The second-order valence-electron chi connectivity index (χ2n) is 3.78. The predicted molar refractivity (Wildman–Crippen MR) is 67.7 cm³/mol. The van der Waals surface area contributed by atoms with E-state index in [1.807, 2.05) is 6.92 Å². The molecule has 0 aliphatic heterocycles. The summed E-state index contributed by atoms with van der Waals surface area (Å²) in [6.45, 7) is 2.47. The number of benzene rings is 1. The molecule has 3 nitrogen and oxygen atoms in total. The Morgan fingerprint density at radius 3 is 2.82 bits per heavy atom. The smallest absolute Gasteiger partial charge is 0.228 e. The molecule has 1 unspecified atom stereocenters. The molecule has 0 aliphatic rings. The molecular formula is C12H16ClFN2O. The summed E-state index contributed by atoms with van der Waals surface area (Å²) in [7, 11) is 1.77. The maximum atomic E-state index is 13.4. The molecular weight excluding hydrogens is 243 g/mol. The van der Waals surface area contributed by atoms with Crippen LogP contribution in [0.25, 0.3) is 0 Å². The fourth-order valence-electron chi connectivity index (χ4n) is 1.50. The number of halogens is 2. The first-order chi connectivity index (χ1) is 8.08. The average molecular weight is 259 g/mol. The Kier molecular flexibility index (Phi) is 5.38. The highest BCUT2D eigenvalue weighted by Crippen LogP contribution is 2.20. The van der Waals surface area contributed by atoms with Crippen LogP contribution in [0.2, 0.25) is 5.02 Å². The molecule has 0 aliphatic carbocycles. The van der Waals surface area contributed by atoms with Crippen LogP contribution >= 0.6 is 11.6 Å². The number of nitrogens with one attached hydrogen (secondary N) is 2. The third-order valence-electron chi connectivity index (χ3n) is 2.50. The van der Waals surface area contributed by atoms with E-state index in [1.54, 1.807) is 7.05 Å². The lowest BCUT2D eigenvalue weighted by Gasteiger charge is -2.14. The fourth-order valence-corrected chi connectivity index (χ4v) is 1.67. The maximum Gasteiger partial charge on any atom is 0.228 e. The molecule has 0 saturated heterocycles. The van der Waals surface area contributed by atoms with Crippen LogP contribution in [0.1, 0.15) is 13.3 Å². The normalized spacial score (nSPS) is 12.2. The number of amides is 1. The maximum absolute atomic E-state index is 13.4. The SMILES string of the molecule is CCC(CNC)C(=O)Nc1cc(Cl)ccc1F. The average Bonchev–Trinajstić information content (AvgIpc) is 2.30. The van der Waals surface area contributed by atoms with Crippen LogP contribution in [0.15, 0.2) is 18.2 Å². The molecule has 0 spiro atoms. The zero-order chi connectivity index (χ0) is 12.8. The summed E-state index contributed by atoms with van der Waals surface area (Å²) in [6, 6.07) is 4.08. The summed E-state index contributed by atoms with van der Waals surface area (Å²) in [5.74, 6) is -0.872. The van der Waals surface area contributed by atoms with Crippen molar-refractivity contribution in [3.63, 3.8) is 0 Å². The van der Waals surface area contributed by atoms with Gasteiger partial charge in [0.25, 0.3) is 0 Å². The van der Waals surface area contributed by atoms with E-state index in [-0.39, 0.29) is 17.5 Å². The van der Waals surface area contributed by atoms with Gasteiger partial charge in [0.05, 0.1) is 11.6 Å². The Hall–Kier alpha value is -1.13. The highest BCUT2D eigenvalue weighted by atomic mass is 35.5. The molecule has 1 amide bonds. The number of carbonyl (C=O) groups excluding carboxylic acids is 1. The summed E-state index contributed by atoms with van der Waals surface area (Å²) in [5, 5.41) is 5.87. The van der Waals surface area contributed by atoms with Crippen LogP contribution in [-0.4, -0.2) is 19.5 Å². The summed E-state index contributed by atoms with van der Waals surface area (Å²) >= 11 is 5.74. The Morgan fingerprint density at radius 1 is 1.53 bits per heavy atom. The van der Waals surface area contributed by atoms with Gasteiger partial charge in [-0.3, -0.25) is 4.79 Å². The van der Waals surface area contributed by atoms with E-state index in [9.17, 15) is 9.18 Å². The Labute approximate surface area is 105 Å². The molecule has 2 N–H and O–H groups in total. The number of hydrogen-bond donors (Lipinski definition) is 2. The van der Waals surface area contributed by atoms with Crippen molar-refractivity contribution in [3.05, 3.63) is 29.0 Å². The first-order valence-electron chi connectivity index (χ1n) is 5.49. The van der Waals surface area contributed by atoms with Crippen molar-refractivity contribution in [2.75, 3.05) is 18.9 Å². The van der Waals surface area contributed by atoms with Gasteiger partial charge in [-0.05, 0) is 31.7 Å². The van der Waals surface area contributed by atoms with Gasteiger partial charge in [-0.2, -0.15) is 0 Å². The molecule has 5 heteroatoms. The van der Waals surface area contributed by atoms with Crippen molar-refractivity contribution in [2.45, 2.75) is 13.3 Å². The van der Waals surface area contributed by atoms with Crippen LogP contribution in [0.4, 0.5) is 10.1 Å². The molecule has 1 rings (SSSR count). The standard InChI is InChI=1S/C12H16ClFN2O/c1-3-8(7-15-2)12(17)16-11-6-9(13)4-5-10(11)14/h4-6,8,15H,3,7H2,1-2H3,(H,16,17). The molecule has 0 saturated carbocycles. The zero-order valence-electron chi connectivity index (χ0n) is 9.89. The number of hydrogen-bond acceptors (Lipinski definition) is 2. The lowest BCUT2D eigenvalue weighted by atomic mass is 10.1. The lowest BCUT2D eigenvalue weighted by molar-refractivity contribution is -0.119. The quantitative estimate of drug-likeness (QED) is 0.853. The fraction of sp³-hybridized carbons (Fsp3) is 0.417. The summed E-state index contributed by atoms with van der Waals surface area (Å²) in [6.07, 6.45) is 0.689. The summed E-state index contributed by atoms with van der Waals surface area (Å²) in [4.78, 5) is 11.8. The van der Waals surface area contributed by atoms with Crippen molar-refractivity contribution in [2.24, 2.45) is 5.92 Å². The number of rotatable bonds is 5. The predicted octanol–water partition coefficient (Wildman–Crippen LogP) is 2.66. The molecule has 1 aromatic rings. The van der Waals surface area contributed by atoms with E-state index >= 15 is 0 Å². The van der Waals surface area contributed by atoms with Gasteiger partial charge in [-0.15, -0.1) is 0 Å². The summed E-state index contributed by atoms with van der Waals surface area (Å²) < 4.78 is 13.4. The molecule has 1 atom stereocenters. The highest BCUT2D eigenvalue weighted by molar-refractivity contribution is 6.30. The van der Waals surface area contributed by atoms with Crippen LogP contribution in [0.3, 0.4) is 0 Å². The van der Waals surface area contributed by atoms with Crippen LogP contribution in [0, 0.1) is 11.7 Å². The van der Waals surface area contributed by atoms with Crippen molar-refractivity contribution in [1.29, 1.82) is 0 Å². The lowest BCUT2D eigenvalue weighted by Crippen LogP contribution is -2.30. The van der Waals surface area contributed by atoms with Gasteiger partial charge < -0.3 is 10.6 Å². The second kappa shape index (κ2) is 6.57. The van der Waals surface area contributed by atoms with Gasteiger partial charge in [-0.25, -0.2) is 4.39 Å². The van der Waals surface area contributed by atoms with Gasteiger partial charge in [0, 0.05) is 11.6 Å². The van der Waals surface area contributed by atoms with Gasteiger partial charge in [-0.1, -0.05) is 18.5 Å². The minimum Gasteiger partial charge on any atom is -0.323 e. The van der Waals surface area contributed by atoms with Gasteiger partial charge in [0.15, 0.2) is 0 Å². The Bertz CT molecular complexity index is 398. The molecule has 0 heterocycles. The van der Waals surface area contributed by atoms with Crippen molar-refractivity contribution < 1.29 is 9.18 Å². The van der Waals surface area contributed by atoms with Crippen molar-refractivity contribution in [1.82, 2.24) is 5.32 Å². The third kappa shape index (κ3) is 3.98. The topological polar surface area (TPSA) is 41.1 Å². The number of carbonyl (C=O) groups is 1. The zero-order valence-corrected chi connectivity index (χ0v) is 10.6. The van der Waals surface area contributed by atoms with Crippen molar-refractivity contribution in [3.8, 4) is 0 Å². The molecule has 0 aromatic heterocycles. The Balaban J connectivity index is 2.76. The molecule has 17 heavy (non-hydrogen) atoms.